The van der Waals surface area contributed by atoms with Crippen LogP contribution in [0.2, 0.25) is 5.02 Å². The minimum absolute atomic E-state index is 0.151. The maximum atomic E-state index is 11.4. The zero-order valence-corrected chi connectivity index (χ0v) is 14.1. The lowest BCUT2D eigenvalue weighted by atomic mass is 10.3. The molecule has 0 bridgehead atoms. The number of allylic oxidation sites excluding steroid dienone is 1. The van der Waals surface area contributed by atoms with Gasteiger partial charge in [0.15, 0.2) is 0 Å². The molecule has 122 valence electrons. The van der Waals surface area contributed by atoms with Gasteiger partial charge in [-0.2, -0.15) is 0 Å². The second kappa shape index (κ2) is 6.72. The molecule has 3 rings (SSSR count). The van der Waals surface area contributed by atoms with Gasteiger partial charge in [-0.25, -0.2) is 4.98 Å². The van der Waals surface area contributed by atoms with Crippen LogP contribution in [0.4, 0.5) is 0 Å². The first-order valence-electron chi connectivity index (χ1n) is 7.82. The lowest BCUT2D eigenvalue weighted by Gasteiger charge is -2.33. The summed E-state index contributed by atoms with van der Waals surface area (Å²) in [5, 5.41) is 0.712. The van der Waals surface area contributed by atoms with Gasteiger partial charge >= 0.3 is 0 Å². The SMILES string of the molecule is C=CCn1c(CN2CCN(C(C)=O)CC2)nc2ccc(Cl)cc21. The fraction of sp³-hybridized carbons (Fsp3) is 0.412. The van der Waals surface area contributed by atoms with Crippen LogP contribution >= 0.6 is 11.6 Å². The third kappa shape index (κ3) is 3.41. The van der Waals surface area contributed by atoms with Crippen LogP contribution in [-0.4, -0.2) is 51.4 Å². The summed E-state index contributed by atoms with van der Waals surface area (Å²) in [4.78, 5) is 20.4. The molecule has 5 nitrogen and oxygen atoms in total. The number of benzene rings is 1. The van der Waals surface area contributed by atoms with Crippen molar-refractivity contribution in [2.24, 2.45) is 0 Å². The van der Waals surface area contributed by atoms with Crippen molar-refractivity contribution in [3.8, 4) is 0 Å². The van der Waals surface area contributed by atoms with Gasteiger partial charge < -0.3 is 9.47 Å². The molecule has 1 aromatic carbocycles. The number of rotatable bonds is 4. The molecule has 0 aliphatic carbocycles. The summed E-state index contributed by atoms with van der Waals surface area (Å²) in [5.74, 6) is 1.16. The predicted octanol–water partition coefficient (Wildman–Crippen LogP) is 2.54. The summed E-state index contributed by atoms with van der Waals surface area (Å²) in [5.41, 5.74) is 1.99. The first-order chi connectivity index (χ1) is 11.1. The van der Waals surface area contributed by atoms with E-state index in [2.05, 4.69) is 16.0 Å². The summed E-state index contributed by atoms with van der Waals surface area (Å²) in [6.45, 7) is 10.3. The van der Waals surface area contributed by atoms with Crippen LogP contribution in [0.15, 0.2) is 30.9 Å². The van der Waals surface area contributed by atoms with Crippen LogP contribution in [-0.2, 0) is 17.9 Å². The van der Waals surface area contributed by atoms with Gasteiger partial charge in [-0.1, -0.05) is 17.7 Å². The van der Waals surface area contributed by atoms with Gasteiger partial charge in [-0.3, -0.25) is 9.69 Å². The van der Waals surface area contributed by atoms with Crippen LogP contribution in [0.25, 0.3) is 11.0 Å². The molecule has 23 heavy (non-hydrogen) atoms. The minimum atomic E-state index is 0.151. The molecule has 0 unspecified atom stereocenters. The highest BCUT2D eigenvalue weighted by atomic mass is 35.5. The van der Waals surface area contributed by atoms with E-state index in [0.29, 0.717) is 11.6 Å². The van der Waals surface area contributed by atoms with Gasteiger partial charge in [0.05, 0.1) is 17.6 Å². The normalized spacial score (nSPS) is 16.0. The first kappa shape index (κ1) is 16.0. The molecule has 6 heteroatoms. The quantitative estimate of drug-likeness (QED) is 0.808. The van der Waals surface area contributed by atoms with E-state index in [1.807, 2.05) is 29.2 Å². The van der Waals surface area contributed by atoms with Crippen molar-refractivity contribution in [2.75, 3.05) is 26.2 Å². The van der Waals surface area contributed by atoms with Crippen molar-refractivity contribution in [3.05, 3.63) is 41.7 Å². The van der Waals surface area contributed by atoms with Gasteiger partial charge in [-0.05, 0) is 18.2 Å². The van der Waals surface area contributed by atoms with Crippen LogP contribution < -0.4 is 0 Å². The fourth-order valence-electron chi connectivity index (χ4n) is 3.02. The number of nitrogens with zero attached hydrogens (tertiary/aromatic N) is 4. The van der Waals surface area contributed by atoms with Gasteiger partial charge in [0, 0.05) is 44.7 Å². The first-order valence-corrected chi connectivity index (χ1v) is 8.19. The number of hydrogen-bond acceptors (Lipinski definition) is 3. The second-order valence-corrected chi connectivity index (χ2v) is 6.28. The molecule has 1 aliphatic heterocycles. The highest BCUT2D eigenvalue weighted by molar-refractivity contribution is 6.31. The van der Waals surface area contributed by atoms with E-state index in [9.17, 15) is 4.79 Å². The number of fused-ring (bicyclic) bond motifs is 1. The Bertz CT molecular complexity index is 732. The number of hydrogen-bond donors (Lipinski definition) is 0. The summed E-state index contributed by atoms with van der Waals surface area (Å²) in [7, 11) is 0. The Kier molecular flexibility index (Phi) is 4.68. The lowest BCUT2D eigenvalue weighted by molar-refractivity contribution is -0.130. The van der Waals surface area contributed by atoms with Gasteiger partial charge in [0.25, 0.3) is 0 Å². The van der Waals surface area contributed by atoms with Crippen molar-refractivity contribution in [2.45, 2.75) is 20.0 Å². The van der Waals surface area contributed by atoms with Crippen molar-refractivity contribution < 1.29 is 4.79 Å². The number of carbonyl (C=O) groups is 1. The van der Waals surface area contributed by atoms with Crippen LogP contribution in [0, 0.1) is 0 Å². The topological polar surface area (TPSA) is 41.4 Å². The average molecular weight is 333 g/mol. The number of halogens is 1. The highest BCUT2D eigenvalue weighted by Gasteiger charge is 2.20. The molecule has 0 atom stereocenters. The van der Waals surface area contributed by atoms with Crippen molar-refractivity contribution in [1.29, 1.82) is 0 Å². The molecule has 1 aromatic heterocycles. The fourth-order valence-corrected chi connectivity index (χ4v) is 3.19. The van der Waals surface area contributed by atoms with Crippen LogP contribution in [0.1, 0.15) is 12.7 Å². The van der Waals surface area contributed by atoms with Gasteiger partial charge in [-0.15, -0.1) is 6.58 Å². The largest absolute Gasteiger partial charge is 0.340 e. The average Bonchev–Trinajstić information content (AvgIpc) is 2.85. The van der Waals surface area contributed by atoms with E-state index in [-0.39, 0.29) is 5.91 Å². The van der Waals surface area contributed by atoms with Crippen LogP contribution in [0.5, 0.6) is 0 Å². The van der Waals surface area contributed by atoms with Crippen LogP contribution in [0.3, 0.4) is 0 Å². The molecule has 0 N–H and O–H groups in total. The molecule has 2 heterocycles. The zero-order valence-electron chi connectivity index (χ0n) is 13.3. The second-order valence-electron chi connectivity index (χ2n) is 5.84. The van der Waals surface area contributed by atoms with E-state index >= 15 is 0 Å². The number of carbonyl (C=O) groups excluding carboxylic acids is 1. The monoisotopic (exact) mass is 332 g/mol. The molecular weight excluding hydrogens is 312 g/mol. The zero-order chi connectivity index (χ0) is 16.4. The number of aromatic nitrogens is 2. The molecule has 0 saturated carbocycles. The summed E-state index contributed by atoms with van der Waals surface area (Å²) >= 11 is 6.12. The smallest absolute Gasteiger partial charge is 0.219 e. The minimum Gasteiger partial charge on any atom is -0.340 e. The lowest BCUT2D eigenvalue weighted by Crippen LogP contribution is -2.47. The number of imidazole rings is 1. The molecule has 0 spiro atoms. The van der Waals surface area contributed by atoms with E-state index in [1.54, 1.807) is 6.92 Å². The Morgan fingerprint density at radius 3 is 2.74 bits per heavy atom. The van der Waals surface area contributed by atoms with E-state index in [0.717, 1.165) is 49.6 Å². The summed E-state index contributed by atoms with van der Waals surface area (Å²) in [6.07, 6.45) is 1.87. The Morgan fingerprint density at radius 1 is 1.35 bits per heavy atom. The van der Waals surface area contributed by atoms with E-state index < -0.39 is 0 Å². The summed E-state index contributed by atoms with van der Waals surface area (Å²) < 4.78 is 2.16. The molecular formula is C17H21ClN4O. The Labute approximate surface area is 141 Å². The molecule has 0 radical (unpaired) electrons. The van der Waals surface area contributed by atoms with Gasteiger partial charge in [0.1, 0.15) is 5.82 Å². The molecule has 1 fully saturated rings. The molecule has 1 amide bonds. The van der Waals surface area contributed by atoms with Crippen molar-refractivity contribution in [3.63, 3.8) is 0 Å². The van der Waals surface area contributed by atoms with E-state index in [1.165, 1.54) is 0 Å². The standard InChI is InChI=1S/C17H21ClN4O/c1-3-6-22-16-11-14(18)4-5-15(16)19-17(22)12-20-7-9-21(10-8-20)13(2)23/h3-5,11H,1,6-10,12H2,2H3. The summed E-state index contributed by atoms with van der Waals surface area (Å²) in [6, 6.07) is 5.77. The molecule has 1 saturated heterocycles. The maximum absolute atomic E-state index is 11.4. The number of piperazine rings is 1. The molecule has 2 aromatic rings. The van der Waals surface area contributed by atoms with Crippen molar-refractivity contribution in [1.82, 2.24) is 19.4 Å². The van der Waals surface area contributed by atoms with Gasteiger partial charge in [0.2, 0.25) is 5.91 Å². The highest BCUT2D eigenvalue weighted by Crippen LogP contribution is 2.22. The Balaban J connectivity index is 1.81. The predicted molar refractivity (Wildman–Crippen MR) is 92.5 cm³/mol. The van der Waals surface area contributed by atoms with Crippen molar-refractivity contribution >= 4 is 28.5 Å². The van der Waals surface area contributed by atoms with E-state index in [4.69, 9.17) is 16.6 Å². The Morgan fingerprint density at radius 2 is 2.09 bits per heavy atom. The Hall–Kier alpha value is -1.85. The maximum Gasteiger partial charge on any atom is 0.219 e. The third-order valence-electron chi connectivity index (χ3n) is 4.28. The third-order valence-corrected chi connectivity index (χ3v) is 4.52. The molecule has 1 aliphatic rings. The number of amides is 1.